The maximum atomic E-state index is 12.6. The lowest BCUT2D eigenvalue weighted by molar-refractivity contribution is -0.138. The number of anilines is 1. The van der Waals surface area contributed by atoms with Gasteiger partial charge < -0.3 is 14.4 Å². The molecule has 0 saturated heterocycles. The summed E-state index contributed by atoms with van der Waals surface area (Å²) in [6, 6.07) is 16.1. The Labute approximate surface area is 180 Å². The number of carbonyl (C=O) groups excluding carboxylic acids is 1. The van der Waals surface area contributed by atoms with E-state index in [1.807, 2.05) is 30.3 Å². The number of aliphatic carboxylic acids is 1. The molecule has 30 heavy (non-hydrogen) atoms. The Morgan fingerprint density at radius 2 is 1.73 bits per heavy atom. The van der Waals surface area contributed by atoms with Gasteiger partial charge in [-0.25, -0.2) is 4.79 Å². The summed E-state index contributed by atoms with van der Waals surface area (Å²) < 4.78 is 20.2. The Morgan fingerprint density at radius 1 is 1.07 bits per heavy atom. The molecule has 2 rings (SSSR count). The van der Waals surface area contributed by atoms with E-state index in [1.54, 1.807) is 52.0 Å². The number of rotatable bonds is 8. The van der Waals surface area contributed by atoms with E-state index in [0.29, 0.717) is 11.3 Å². The fourth-order valence-electron chi connectivity index (χ4n) is 2.67. The normalized spacial score (nSPS) is 14.4. The van der Waals surface area contributed by atoms with Crippen molar-refractivity contribution in [3.05, 3.63) is 65.7 Å². The van der Waals surface area contributed by atoms with Gasteiger partial charge in [0.15, 0.2) is 0 Å². The Kier molecular flexibility index (Phi) is 7.89. The Balaban J connectivity index is 2.14. The highest BCUT2D eigenvalue weighted by Crippen LogP contribution is 2.30. The average Bonchev–Trinajstić information content (AvgIpc) is 2.66. The summed E-state index contributed by atoms with van der Waals surface area (Å²) in [7, 11) is 0. The van der Waals surface area contributed by atoms with Gasteiger partial charge in [0.1, 0.15) is 11.4 Å². The van der Waals surface area contributed by atoms with Crippen molar-refractivity contribution in [1.82, 2.24) is 4.72 Å². The molecule has 0 heterocycles. The standard InChI is InChI=1S/C22H28N2O5S/c1-21(2,3)30(28)24-22(4,14-19(25)26)17-11-8-12-18(13-17)23-20(27)29-15-16-9-6-5-7-10-16/h5-13,24H,14-15H2,1-4H3,(H,23,27)(H,25,26)/t22?,30-/m1/s1. The highest BCUT2D eigenvalue weighted by molar-refractivity contribution is 7.90. The number of nitrogens with one attached hydrogen (secondary N) is 2. The molecular weight excluding hydrogens is 404 g/mol. The third-order valence-electron chi connectivity index (χ3n) is 4.34. The lowest BCUT2D eigenvalue weighted by Crippen LogP contribution is -2.50. The molecule has 2 aromatic carbocycles. The second-order valence-corrected chi connectivity index (χ2v) is 10.1. The predicted octanol–water partition coefficient (Wildman–Crippen LogP) is 4.18. The number of carboxylic acids is 1. The van der Waals surface area contributed by atoms with E-state index in [1.165, 1.54) is 0 Å². The second kappa shape index (κ2) is 9.97. The molecule has 2 aromatic rings. The monoisotopic (exact) mass is 432 g/mol. The van der Waals surface area contributed by atoms with Gasteiger partial charge in [-0.15, -0.1) is 4.72 Å². The molecular formula is C22H28N2O5S. The molecule has 0 aliphatic heterocycles. The Morgan fingerprint density at radius 3 is 2.33 bits per heavy atom. The summed E-state index contributed by atoms with van der Waals surface area (Å²) in [4.78, 5) is 23.6. The summed E-state index contributed by atoms with van der Waals surface area (Å²) in [6.45, 7) is 7.22. The van der Waals surface area contributed by atoms with E-state index in [2.05, 4.69) is 10.0 Å². The molecule has 0 aliphatic carbocycles. The molecule has 7 nitrogen and oxygen atoms in total. The van der Waals surface area contributed by atoms with E-state index in [9.17, 15) is 19.2 Å². The van der Waals surface area contributed by atoms with Crippen molar-refractivity contribution >= 4 is 29.1 Å². The van der Waals surface area contributed by atoms with E-state index in [0.717, 1.165) is 5.56 Å². The van der Waals surface area contributed by atoms with Gasteiger partial charge in [-0.1, -0.05) is 42.5 Å². The van der Waals surface area contributed by atoms with Crippen molar-refractivity contribution in [1.29, 1.82) is 0 Å². The Hall–Kier alpha value is -2.55. The highest BCUT2D eigenvalue weighted by Gasteiger charge is 2.39. The van der Waals surface area contributed by atoms with Gasteiger partial charge in [0.2, 0.25) is 0 Å². The van der Waals surface area contributed by atoms with Crippen molar-refractivity contribution in [2.24, 2.45) is 0 Å². The molecule has 0 bridgehead atoms. The lowest BCUT2D eigenvalue weighted by atomic mass is 9.89. The van der Waals surface area contributed by atoms with Crippen molar-refractivity contribution in [2.75, 3.05) is 5.32 Å². The zero-order valence-electron chi connectivity index (χ0n) is 17.6. The summed E-state index contributed by atoms with van der Waals surface area (Å²) in [5.74, 6) is -1.03. The molecule has 8 heteroatoms. The SMILES string of the molecule is CC(CC(=O)O)(N[S@+]([O-])C(C)(C)C)c1cccc(NC(=O)OCc2ccccc2)c1. The van der Waals surface area contributed by atoms with Crippen LogP contribution < -0.4 is 10.0 Å². The molecule has 0 radical (unpaired) electrons. The number of hydrogen-bond donors (Lipinski definition) is 3. The van der Waals surface area contributed by atoms with Crippen LogP contribution in [0.1, 0.15) is 45.2 Å². The molecule has 0 aromatic heterocycles. The smallest absolute Gasteiger partial charge is 0.411 e. The maximum Gasteiger partial charge on any atom is 0.411 e. The van der Waals surface area contributed by atoms with Crippen molar-refractivity contribution in [3.8, 4) is 0 Å². The van der Waals surface area contributed by atoms with Crippen LogP contribution >= 0.6 is 0 Å². The van der Waals surface area contributed by atoms with E-state index in [-0.39, 0.29) is 13.0 Å². The summed E-state index contributed by atoms with van der Waals surface area (Å²) >= 11 is -1.49. The molecule has 0 saturated carbocycles. The number of carboxylic acid groups (broad SMARTS) is 1. The molecule has 1 amide bonds. The zero-order valence-corrected chi connectivity index (χ0v) is 18.4. The van der Waals surface area contributed by atoms with Crippen LogP contribution in [-0.4, -0.2) is 26.5 Å². The van der Waals surface area contributed by atoms with Crippen LogP contribution in [0.15, 0.2) is 54.6 Å². The maximum absolute atomic E-state index is 12.6. The topological polar surface area (TPSA) is 111 Å². The Bertz CT molecular complexity index is 869. The average molecular weight is 433 g/mol. The molecule has 0 aliphatic rings. The van der Waals surface area contributed by atoms with Crippen LogP contribution in [0.25, 0.3) is 0 Å². The van der Waals surface area contributed by atoms with Gasteiger partial charge in [-0.2, -0.15) is 0 Å². The summed E-state index contributed by atoms with van der Waals surface area (Å²) in [6.07, 6.45) is -0.904. The minimum Gasteiger partial charge on any atom is -0.598 e. The summed E-state index contributed by atoms with van der Waals surface area (Å²) in [5, 5.41) is 12.0. The van der Waals surface area contributed by atoms with Crippen LogP contribution in [-0.2, 0) is 33.0 Å². The first-order chi connectivity index (χ1) is 14.0. The van der Waals surface area contributed by atoms with E-state index in [4.69, 9.17) is 4.74 Å². The zero-order chi connectivity index (χ0) is 22.4. The number of carbonyl (C=O) groups is 2. The van der Waals surface area contributed by atoms with Crippen LogP contribution in [0.5, 0.6) is 0 Å². The minimum atomic E-state index is -1.49. The van der Waals surface area contributed by atoms with E-state index >= 15 is 0 Å². The molecule has 1 unspecified atom stereocenters. The molecule has 3 N–H and O–H groups in total. The lowest BCUT2D eigenvalue weighted by Gasteiger charge is -2.34. The fraction of sp³-hybridized carbons (Fsp3) is 0.364. The van der Waals surface area contributed by atoms with Gasteiger partial charge >= 0.3 is 12.1 Å². The van der Waals surface area contributed by atoms with Crippen LogP contribution in [0.2, 0.25) is 0 Å². The highest BCUT2D eigenvalue weighted by atomic mass is 32.2. The largest absolute Gasteiger partial charge is 0.598 e. The van der Waals surface area contributed by atoms with Crippen molar-refractivity contribution in [3.63, 3.8) is 0 Å². The van der Waals surface area contributed by atoms with Gasteiger partial charge in [0.05, 0.1) is 12.0 Å². The van der Waals surface area contributed by atoms with E-state index < -0.39 is 33.7 Å². The number of amides is 1. The quantitative estimate of drug-likeness (QED) is 0.540. The fourth-order valence-corrected chi connectivity index (χ4v) is 3.58. The third kappa shape index (κ3) is 7.05. The van der Waals surface area contributed by atoms with Crippen molar-refractivity contribution < 1.29 is 24.0 Å². The third-order valence-corrected chi connectivity index (χ3v) is 6.09. The second-order valence-electron chi connectivity index (χ2n) is 8.15. The van der Waals surface area contributed by atoms with Crippen molar-refractivity contribution in [2.45, 2.75) is 51.0 Å². The van der Waals surface area contributed by atoms with Gasteiger partial charge in [0, 0.05) is 17.0 Å². The molecule has 2 atom stereocenters. The first-order valence-electron chi connectivity index (χ1n) is 9.49. The first kappa shape index (κ1) is 23.7. The number of ether oxygens (including phenoxy) is 1. The van der Waals surface area contributed by atoms with Crippen LogP contribution in [0.3, 0.4) is 0 Å². The molecule has 0 spiro atoms. The molecule has 0 fully saturated rings. The molecule has 162 valence electrons. The number of benzene rings is 2. The van der Waals surface area contributed by atoms with Crippen LogP contribution in [0.4, 0.5) is 10.5 Å². The minimum absolute atomic E-state index is 0.134. The van der Waals surface area contributed by atoms with Gasteiger partial charge in [-0.3, -0.25) is 10.1 Å². The van der Waals surface area contributed by atoms with Gasteiger partial charge in [-0.05, 0) is 51.0 Å². The number of hydrogen-bond acceptors (Lipinski definition) is 5. The van der Waals surface area contributed by atoms with Gasteiger partial charge in [0.25, 0.3) is 0 Å². The summed E-state index contributed by atoms with van der Waals surface area (Å²) in [5.41, 5.74) is 0.800. The first-order valence-corrected chi connectivity index (χ1v) is 10.6. The predicted molar refractivity (Wildman–Crippen MR) is 117 cm³/mol. The van der Waals surface area contributed by atoms with Crippen LogP contribution in [0, 0.1) is 0 Å².